The highest BCUT2D eigenvalue weighted by Gasteiger charge is 2.37. The third-order valence-electron chi connectivity index (χ3n) is 6.11. The molecule has 5 nitrogen and oxygen atoms in total. The summed E-state index contributed by atoms with van der Waals surface area (Å²) in [5.41, 5.74) is 2.33. The van der Waals surface area contributed by atoms with Crippen LogP contribution in [-0.2, 0) is 16.0 Å². The van der Waals surface area contributed by atoms with Crippen LogP contribution in [0, 0.1) is 0 Å². The third-order valence-corrected chi connectivity index (χ3v) is 6.11. The summed E-state index contributed by atoms with van der Waals surface area (Å²) in [5.74, 6) is 0.988. The van der Waals surface area contributed by atoms with Crippen molar-refractivity contribution in [3.05, 3.63) is 60.2 Å². The van der Waals surface area contributed by atoms with Gasteiger partial charge in [-0.3, -0.25) is 14.8 Å². The summed E-state index contributed by atoms with van der Waals surface area (Å²) in [7, 11) is 3.50. The Hall–Kier alpha value is -2.53. The number of rotatable bonds is 5. The van der Waals surface area contributed by atoms with E-state index >= 15 is 0 Å². The Morgan fingerprint density at radius 1 is 1.03 bits per heavy atom. The van der Waals surface area contributed by atoms with Crippen molar-refractivity contribution in [3.8, 4) is 5.75 Å². The maximum atomic E-state index is 12.2. The Labute approximate surface area is 173 Å². The molecule has 4 fully saturated rings. The van der Waals surface area contributed by atoms with Crippen LogP contribution in [0.15, 0.2) is 54.6 Å². The highest BCUT2D eigenvalue weighted by molar-refractivity contribution is 5.82. The Morgan fingerprint density at radius 3 is 2.24 bits per heavy atom. The van der Waals surface area contributed by atoms with E-state index in [1.807, 2.05) is 37.4 Å². The van der Waals surface area contributed by atoms with Crippen molar-refractivity contribution in [3.63, 3.8) is 0 Å². The van der Waals surface area contributed by atoms with Crippen LogP contribution in [0.1, 0.15) is 37.7 Å². The van der Waals surface area contributed by atoms with Gasteiger partial charge >= 0.3 is 0 Å². The first-order valence-electron chi connectivity index (χ1n) is 10.5. The molecule has 1 saturated carbocycles. The molecule has 0 radical (unpaired) electrons. The number of anilines is 1. The molecule has 2 bridgehead atoms. The molecule has 3 heterocycles. The molecule has 154 valence electrons. The smallest absolute Gasteiger partial charge is 0.242 e. The second-order valence-electron chi connectivity index (χ2n) is 8.04. The van der Waals surface area contributed by atoms with Gasteiger partial charge in [0.15, 0.2) is 0 Å². The van der Waals surface area contributed by atoms with E-state index in [4.69, 9.17) is 9.47 Å². The first-order valence-corrected chi connectivity index (χ1v) is 10.5. The van der Waals surface area contributed by atoms with Crippen LogP contribution in [0.2, 0.25) is 0 Å². The topological polar surface area (TPSA) is 42.0 Å². The fraction of sp³-hybridized carbons (Fsp3) is 0.458. The van der Waals surface area contributed by atoms with E-state index in [1.54, 1.807) is 12.1 Å². The van der Waals surface area contributed by atoms with Gasteiger partial charge in [0.25, 0.3) is 0 Å². The number of methoxy groups -OCH3 is 1. The molecule has 3 unspecified atom stereocenters. The second kappa shape index (κ2) is 8.87. The van der Waals surface area contributed by atoms with Gasteiger partial charge in [-0.05, 0) is 61.9 Å². The van der Waals surface area contributed by atoms with E-state index in [9.17, 15) is 4.79 Å². The van der Waals surface area contributed by atoms with Gasteiger partial charge in [0.05, 0.1) is 37.5 Å². The van der Waals surface area contributed by atoms with Crippen molar-refractivity contribution >= 4 is 11.6 Å². The van der Waals surface area contributed by atoms with Crippen molar-refractivity contribution < 1.29 is 14.3 Å². The zero-order valence-electron chi connectivity index (χ0n) is 17.3. The lowest BCUT2D eigenvalue weighted by atomic mass is 10.0. The van der Waals surface area contributed by atoms with Gasteiger partial charge < -0.3 is 9.47 Å². The molecule has 3 aliphatic heterocycles. The van der Waals surface area contributed by atoms with Crippen molar-refractivity contribution in [1.82, 2.24) is 5.01 Å². The minimum absolute atomic E-state index is 0.166. The molecule has 0 spiro atoms. The fourth-order valence-electron chi connectivity index (χ4n) is 4.40. The highest BCUT2D eigenvalue weighted by atomic mass is 16.5. The maximum absolute atomic E-state index is 12.2. The minimum atomic E-state index is 0.166. The first-order chi connectivity index (χ1) is 14.1. The molecule has 6 rings (SSSR count). The second-order valence-corrected chi connectivity index (χ2v) is 8.04. The third kappa shape index (κ3) is 4.56. The fourth-order valence-corrected chi connectivity index (χ4v) is 4.40. The number of hydrazine groups is 1. The number of amides is 1. The average Bonchev–Trinajstić information content (AvgIpc) is 3.45. The molecule has 4 aliphatic rings. The van der Waals surface area contributed by atoms with Gasteiger partial charge in [-0.1, -0.05) is 30.3 Å². The SMILES string of the molecule is C1CC2CC1O2.COc1ccc(N2C(CCc3ccccc3)CC(=O)N2C)cc1. The van der Waals surface area contributed by atoms with E-state index in [0.717, 1.165) is 24.3 Å². The molecule has 2 aromatic rings. The van der Waals surface area contributed by atoms with Crippen LogP contribution in [0.4, 0.5) is 5.69 Å². The number of nitrogens with zero attached hydrogens (tertiary/aromatic N) is 2. The van der Waals surface area contributed by atoms with Gasteiger partial charge in [0.1, 0.15) is 5.75 Å². The summed E-state index contributed by atoms with van der Waals surface area (Å²) >= 11 is 0. The molecule has 2 aromatic carbocycles. The van der Waals surface area contributed by atoms with Gasteiger partial charge in [0, 0.05) is 7.05 Å². The van der Waals surface area contributed by atoms with Crippen LogP contribution >= 0.6 is 0 Å². The highest BCUT2D eigenvalue weighted by Crippen LogP contribution is 2.36. The predicted molar refractivity (Wildman–Crippen MR) is 114 cm³/mol. The first kappa shape index (κ1) is 19.8. The van der Waals surface area contributed by atoms with Crippen LogP contribution in [0.5, 0.6) is 5.75 Å². The number of aryl methyl sites for hydroxylation is 1. The van der Waals surface area contributed by atoms with Crippen LogP contribution in [0.3, 0.4) is 0 Å². The summed E-state index contributed by atoms with van der Waals surface area (Å²) in [6, 6.07) is 18.5. The van der Waals surface area contributed by atoms with Crippen LogP contribution in [-0.4, -0.2) is 43.3 Å². The Morgan fingerprint density at radius 2 is 1.69 bits per heavy atom. The van der Waals surface area contributed by atoms with Crippen molar-refractivity contribution in [2.75, 3.05) is 19.2 Å². The quantitative estimate of drug-likeness (QED) is 0.762. The summed E-state index contributed by atoms with van der Waals surface area (Å²) in [6.45, 7) is 0. The molecule has 29 heavy (non-hydrogen) atoms. The molecule has 0 aromatic heterocycles. The molecule has 1 amide bonds. The number of ether oxygens (including phenoxy) is 2. The normalized spacial score (nSPS) is 24.8. The van der Waals surface area contributed by atoms with Gasteiger partial charge in [-0.2, -0.15) is 0 Å². The lowest BCUT2D eigenvalue weighted by molar-refractivity contribution is -0.126. The zero-order valence-corrected chi connectivity index (χ0v) is 17.3. The van der Waals surface area contributed by atoms with Crippen molar-refractivity contribution in [2.24, 2.45) is 0 Å². The summed E-state index contributed by atoms with van der Waals surface area (Å²) in [4.78, 5) is 12.2. The lowest BCUT2D eigenvalue weighted by Crippen LogP contribution is -2.40. The van der Waals surface area contributed by atoms with Gasteiger partial charge in [-0.15, -0.1) is 0 Å². The van der Waals surface area contributed by atoms with Crippen LogP contribution < -0.4 is 9.75 Å². The van der Waals surface area contributed by atoms with Gasteiger partial charge in [-0.25, -0.2) is 0 Å². The summed E-state index contributed by atoms with van der Waals surface area (Å²) in [6.07, 6.45) is 7.90. The maximum Gasteiger partial charge on any atom is 0.242 e. The van der Waals surface area contributed by atoms with E-state index in [1.165, 1.54) is 24.8 Å². The number of carbonyl (C=O) groups is 1. The molecule has 0 N–H and O–H groups in total. The van der Waals surface area contributed by atoms with Crippen molar-refractivity contribution in [2.45, 2.75) is 56.8 Å². The predicted octanol–water partition coefficient (Wildman–Crippen LogP) is 4.22. The number of benzene rings is 2. The molecule has 5 heteroatoms. The van der Waals surface area contributed by atoms with E-state index in [0.29, 0.717) is 18.6 Å². The van der Waals surface area contributed by atoms with E-state index < -0.39 is 0 Å². The number of carbonyl (C=O) groups excluding carboxylic acids is 1. The summed E-state index contributed by atoms with van der Waals surface area (Å²) in [5, 5.41) is 3.84. The standard InChI is InChI=1S/C19H22N2O2.C5H8O/c1-20-19(22)14-17(9-8-15-6-4-3-5-7-15)21(20)16-10-12-18(23-2)13-11-16;1-2-5-3-4(1)6-5/h3-7,10-13,17H,8-9,14H2,1-2H3;4-5H,1-3H2. The Kier molecular flexibility index (Phi) is 6.05. The lowest BCUT2D eigenvalue weighted by Gasteiger charge is -2.31. The Balaban J connectivity index is 0.000000286. The molecular weight excluding hydrogens is 364 g/mol. The molecule has 1 aliphatic carbocycles. The monoisotopic (exact) mass is 394 g/mol. The Bertz CT molecular complexity index is 789. The number of fused-ring (bicyclic) bond motifs is 1. The van der Waals surface area contributed by atoms with E-state index in [2.05, 4.69) is 29.3 Å². The van der Waals surface area contributed by atoms with E-state index in [-0.39, 0.29) is 11.9 Å². The molecular formula is C24H30N2O3. The largest absolute Gasteiger partial charge is 0.497 e. The number of hydrogen-bond acceptors (Lipinski definition) is 4. The van der Waals surface area contributed by atoms with Gasteiger partial charge in [0.2, 0.25) is 5.91 Å². The molecule has 3 atom stereocenters. The summed E-state index contributed by atoms with van der Waals surface area (Å²) < 4.78 is 10.5. The average molecular weight is 395 g/mol. The zero-order chi connectivity index (χ0) is 20.2. The van der Waals surface area contributed by atoms with Crippen molar-refractivity contribution in [1.29, 1.82) is 0 Å². The number of hydrogen-bond donors (Lipinski definition) is 0. The minimum Gasteiger partial charge on any atom is -0.497 e. The van der Waals surface area contributed by atoms with Crippen LogP contribution in [0.25, 0.3) is 0 Å². The molecule has 3 saturated heterocycles.